The van der Waals surface area contributed by atoms with Gasteiger partial charge >= 0.3 is 0 Å². The summed E-state index contributed by atoms with van der Waals surface area (Å²) in [5, 5.41) is 2.17. The number of hydrogen-bond acceptors (Lipinski definition) is 2. The number of hydrogen-bond donors (Lipinski definition) is 1. The monoisotopic (exact) mass is 293 g/mol. The molecule has 0 atom stereocenters. The molecule has 0 saturated heterocycles. The maximum Gasteiger partial charge on any atom is 0.141 e. The quantitative estimate of drug-likeness (QED) is 0.586. The zero-order chi connectivity index (χ0) is 8.72. The first-order valence-corrected chi connectivity index (χ1v) is 5.26. The largest absolute Gasteiger partial charge is 0.398 e. The fraction of sp³-hybridized carbons (Fsp3) is 0. The minimum atomic E-state index is -0.159. The van der Waals surface area contributed by atoms with Gasteiger partial charge in [-0.25, -0.2) is 4.39 Å². The molecule has 0 amide bonds. The molecule has 0 radical (unpaired) electrons. The minimum absolute atomic E-state index is 0.159. The molecule has 1 aromatic carbocycles. The van der Waals surface area contributed by atoms with Crippen LogP contribution in [0, 0.1) is 9.39 Å². The molecule has 0 spiro atoms. The van der Waals surface area contributed by atoms with E-state index in [0.29, 0.717) is 11.1 Å². The number of halogens is 2. The van der Waals surface area contributed by atoms with Crippen LogP contribution >= 0.6 is 33.9 Å². The number of nitrogen functional groups attached to an aromatic ring is 1. The van der Waals surface area contributed by atoms with Gasteiger partial charge in [0.2, 0.25) is 0 Å². The zero-order valence-corrected chi connectivity index (χ0v) is 8.95. The van der Waals surface area contributed by atoms with Crippen LogP contribution in [0.25, 0.3) is 10.1 Å². The third-order valence-corrected chi connectivity index (χ3v) is 4.18. The van der Waals surface area contributed by atoms with Crippen molar-refractivity contribution in [3.63, 3.8) is 0 Å². The number of nitrogens with two attached hydrogens (primary N) is 1. The van der Waals surface area contributed by atoms with Crippen LogP contribution < -0.4 is 5.73 Å². The van der Waals surface area contributed by atoms with E-state index in [1.54, 1.807) is 12.1 Å². The van der Waals surface area contributed by atoms with Crippen LogP contribution in [-0.2, 0) is 0 Å². The standard InChI is InChI=1S/C8H5FINS/c9-5-3-12-8-4(5)1-2-6(11)7(8)10/h1-3H,11H2. The molecule has 12 heavy (non-hydrogen) atoms. The van der Waals surface area contributed by atoms with Gasteiger partial charge in [-0.15, -0.1) is 11.3 Å². The molecule has 0 aliphatic heterocycles. The third-order valence-electron chi connectivity index (χ3n) is 1.66. The van der Waals surface area contributed by atoms with Crippen LogP contribution in [0.15, 0.2) is 17.5 Å². The summed E-state index contributed by atoms with van der Waals surface area (Å²) in [7, 11) is 0. The number of benzene rings is 1. The molecule has 1 nitrogen and oxygen atoms in total. The van der Waals surface area contributed by atoms with Gasteiger partial charge < -0.3 is 5.73 Å². The Morgan fingerprint density at radius 2 is 2.17 bits per heavy atom. The molecule has 0 saturated carbocycles. The van der Waals surface area contributed by atoms with Crippen molar-refractivity contribution in [1.82, 2.24) is 0 Å². The highest BCUT2D eigenvalue weighted by molar-refractivity contribution is 14.1. The predicted octanol–water partition coefficient (Wildman–Crippen LogP) is 3.23. The number of fused-ring (bicyclic) bond motifs is 1. The SMILES string of the molecule is Nc1ccc2c(F)csc2c1I. The minimum Gasteiger partial charge on any atom is -0.398 e. The Morgan fingerprint density at radius 1 is 1.42 bits per heavy atom. The molecule has 4 heteroatoms. The van der Waals surface area contributed by atoms with E-state index in [1.165, 1.54) is 16.7 Å². The first-order valence-electron chi connectivity index (χ1n) is 3.31. The van der Waals surface area contributed by atoms with Gasteiger partial charge in [0.05, 0.1) is 8.27 Å². The Bertz CT molecular complexity index is 438. The highest BCUT2D eigenvalue weighted by Gasteiger charge is 2.07. The maximum atomic E-state index is 13.0. The van der Waals surface area contributed by atoms with E-state index in [1.807, 2.05) is 0 Å². The molecule has 0 unspecified atom stereocenters. The summed E-state index contributed by atoms with van der Waals surface area (Å²) in [4.78, 5) is 0. The molecule has 0 fully saturated rings. The molecule has 62 valence electrons. The lowest BCUT2D eigenvalue weighted by Gasteiger charge is -1.97. The lowest BCUT2D eigenvalue weighted by atomic mass is 10.2. The Balaban J connectivity index is 2.93. The van der Waals surface area contributed by atoms with E-state index in [2.05, 4.69) is 22.6 Å². The number of rotatable bonds is 0. The van der Waals surface area contributed by atoms with Gasteiger partial charge in [0.1, 0.15) is 5.82 Å². The second-order valence-corrected chi connectivity index (χ2v) is 4.39. The molecule has 1 heterocycles. The molecular weight excluding hydrogens is 288 g/mol. The van der Waals surface area contributed by atoms with Crippen molar-refractivity contribution in [2.45, 2.75) is 0 Å². The highest BCUT2D eigenvalue weighted by Crippen LogP contribution is 2.32. The van der Waals surface area contributed by atoms with Crippen LogP contribution in [0.2, 0.25) is 0 Å². The van der Waals surface area contributed by atoms with Crippen LogP contribution in [0.4, 0.5) is 10.1 Å². The molecule has 2 aromatic rings. The first-order chi connectivity index (χ1) is 5.70. The second-order valence-electron chi connectivity index (χ2n) is 2.43. The van der Waals surface area contributed by atoms with Crippen molar-refractivity contribution in [3.8, 4) is 0 Å². The lowest BCUT2D eigenvalue weighted by Crippen LogP contribution is -1.87. The van der Waals surface area contributed by atoms with Gasteiger partial charge in [-0.2, -0.15) is 0 Å². The topological polar surface area (TPSA) is 26.0 Å². The molecular formula is C8H5FINS. The summed E-state index contributed by atoms with van der Waals surface area (Å²) in [6.07, 6.45) is 0. The fourth-order valence-electron chi connectivity index (χ4n) is 1.05. The summed E-state index contributed by atoms with van der Waals surface area (Å²) in [5.41, 5.74) is 6.38. The lowest BCUT2D eigenvalue weighted by molar-refractivity contribution is 0.644. The van der Waals surface area contributed by atoms with Gasteiger partial charge in [-0.3, -0.25) is 0 Å². The van der Waals surface area contributed by atoms with Crippen molar-refractivity contribution in [2.24, 2.45) is 0 Å². The van der Waals surface area contributed by atoms with Crippen molar-refractivity contribution in [3.05, 3.63) is 26.9 Å². The molecule has 0 aliphatic rings. The summed E-state index contributed by atoms with van der Waals surface area (Å²) in [6.45, 7) is 0. The van der Waals surface area contributed by atoms with E-state index in [9.17, 15) is 4.39 Å². The Kier molecular flexibility index (Phi) is 1.96. The average molecular weight is 293 g/mol. The Morgan fingerprint density at radius 3 is 2.92 bits per heavy atom. The van der Waals surface area contributed by atoms with E-state index >= 15 is 0 Å². The second kappa shape index (κ2) is 2.85. The van der Waals surface area contributed by atoms with Gasteiger partial charge in [-0.05, 0) is 34.7 Å². The molecule has 0 bridgehead atoms. The van der Waals surface area contributed by atoms with Crippen molar-refractivity contribution in [2.75, 3.05) is 5.73 Å². The molecule has 2 rings (SSSR count). The van der Waals surface area contributed by atoms with Gasteiger partial charge in [0.25, 0.3) is 0 Å². The number of anilines is 1. The van der Waals surface area contributed by atoms with E-state index in [4.69, 9.17) is 5.73 Å². The van der Waals surface area contributed by atoms with Crippen molar-refractivity contribution < 1.29 is 4.39 Å². The molecule has 0 aliphatic carbocycles. The van der Waals surface area contributed by atoms with Gasteiger partial charge in [-0.1, -0.05) is 0 Å². The smallest absolute Gasteiger partial charge is 0.141 e. The summed E-state index contributed by atoms with van der Waals surface area (Å²) in [6, 6.07) is 3.46. The van der Waals surface area contributed by atoms with E-state index in [0.717, 1.165) is 8.27 Å². The first kappa shape index (κ1) is 8.25. The highest BCUT2D eigenvalue weighted by atomic mass is 127. The Hall–Kier alpha value is -0.360. The molecule has 1 aromatic heterocycles. The zero-order valence-electron chi connectivity index (χ0n) is 5.97. The van der Waals surface area contributed by atoms with Gasteiger partial charge in [0, 0.05) is 16.5 Å². The normalized spacial score (nSPS) is 10.8. The van der Waals surface area contributed by atoms with E-state index < -0.39 is 0 Å². The fourth-order valence-corrected chi connectivity index (χ4v) is 2.76. The molecule has 2 N–H and O–H groups in total. The van der Waals surface area contributed by atoms with Crippen LogP contribution in [0.3, 0.4) is 0 Å². The average Bonchev–Trinajstić information content (AvgIpc) is 2.41. The van der Waals surface area contributed by atoms with Crippen LogP contribution in [-0.4, -0.2) is 0 Å². The van der Waals surface area contributed by atoms with Crippen molar-refractivity contribution in [1.29, 1.82) is 0 Å². The predicted molar refractivity (Wildman–Crippen MR) is 58.9 cm³/mol. The third kappa shape index (κ3) is 1.09. The van der Waals surface area contributed by atoms with Gasteiger partial charge in [0.15, 0.2) is 0 Å². The Labute approximate surface area is 86.5 Å². The van der Waals surface area contributed by atoms with Crippen LogP contribution in [0.5, 0.6) is 0 Å². The summed E-state index contributed by atoms with van der Waals surface area (Å²) < 4.78 is 14.9. The number of thiophene rings is 1. The van der Waals surface area contributed by atoms with Crippen molar-refractivity contribution >= 4 is 49.7 Å². The van der Waals surface area contributed by atoms with Crippen LogP contribution in [0.1, 0.15) is 0 Å². The van der Waals surface area contributed by atoms with E-state index in [-0.39, 0.29) is 5.82 Å². The maximum absolute atomic E-state index is 13.0. The summed E-state index contributed by atoms with van der Waals surface area (Å²) >= 11 is 3.53. The summed E-state index contributed by atoms with van der Waals surface area (Å²) in [5.74, 6) is -0.159.